The molecule has 2 rings (SSSR count). The molecule has 0 radical (unpaired) electrons. The lowest BCUT2D eigenvalue weighted by molar-refractivity contribution is -0.138. The molecule has 0 saturated carbocycles. The third kappa shape index (κ3) is 2.56. The van der Waals surface area contributed by atoms with Crippen molar-refractivity contribution < 1.29 is 13.2 Å². The molecular formula is C11H14ClF3N2. The van der Waals surface area contributed by atoms with Gasteiger partial charge in [0.25, 0.3) is 0 Å². The number of halogens is 4. The first-order chi connectivity index (χ1) is 7.33. The quantitative estimate of drug-likeness (QED) is 0.818. The van der Waals surface area contributed by atoms with Gasteiger partial charge in [0.1, 0.15) is 0 Å². The molecule has 0 atom stereocenters. The predicted octanol–water partition coefficient (Wildman–Crippen LogP) is 2.19. The Balaban J connectivity index is 0.00000144. The number of alkyl halides is 3. The highest BCUT2D eigenvalue weighted by molar-refractivity contribution is 5.85. The molecule has 3 N–H and O–H groups in total. The standard InChI is InChI=1S/C11H13F3N2.ClH/c1-7-2-3-8(10(15)5-16-6-10)4-9(7)11(12,13)14;/h2-4,16H,5-6,15H2,1H3;1H. The summed E-state index contributed by atoms with van der Waals surface area (Å²) in [5.41, 5.74) is 5.49. The summed E-state index contributed by atoms with van der Waals surface area (Å²) in [5, 5.41) is 2.97. The lowest BCUT2D eigenvalue weighted by Gasteiger charge is -2.39. The van der Waals surface area contributed by atoms with Crippen LogP contribution in [0.4, 0.5) is 13.2 Å². The van der Waals surface area contributed by atoms with E-state index >= 15 is 0 Å². The Bertz CT molecular complexity index is 414. The van der Waals surface area contributed by atoms with Gasteiger partial charge >= 0.3 is 6.18 Å². The van der Waals surface area contributed by atoms with Gasteiger partial charge in [-0.05, 0) is 24.1 Å². The summed E-state index contributed by atoms with van der Waals surface area (Å²) in [4.78, 5) is 0. The Kier molecular flexibility index (Phi) is 3.76. The lowest BCUT2D eigenvalue weighted by Crippen LogP contribution is -2.62. The molecule has 0 spiro atoms. The van der Waals surface area contributed by atoms with Crippen LogP contribution in [-0.4, -0.2) is 13.1 Å². The highest BCUT2D eigenvalue weighted by Gasteiger charge is 2.38. The van der Waals surface area contributed by atoms with E-state index in [-0.39, 0.29) is 18.0 Å². The molecule has 2 nitrogen and oxygen atoms in total. The molecule has 1 aromatic rings. The number of hydrogen-bond donors (Lipinski definition) is 2. The first-order valence-electron chi connectivity index (χ1n) is 5.01. The van der Waals surface area contributed by atoms with Crippen LogP contribution in [0.25, 0.3) is 0 Å². The zero-order valence-electron chi connectivity index (χ0n) is 9.27. The molecule has 1 fully saturated rings. The van der Waals surface area contributed by atoms with Crippen LogP contribution in [-0.2, 0) is 11.7 Å². The van der Waals surface area contributed by atoms with E-state index in [2.05, 4.69) is 5.32 Å². The highest BCUT2D eigenvalue weighted by atomic mass is 35.5. The molecule has 1 heterocycles. The van der Waals surface area contributed by atoms with Gasteiger partial charge in [-0.2, -0.15) is 13.2 Å². The molecule has 6 heteroatoms. The summed E-state index contributed by atoms with van der Waals surface area (Å²) >= 11 is 0. The molecule has 0 aliphatic carbocycles. The van der Waals surface area contributed by atoms with Crippen LogP contribution < -0.4 is 11.1 Å². The minimum atomic E-state index is -4.31. The molecule has 96 valence electrons. The van der Waals surface area contributed by atoms with Crippen LogP contribution in [0.2, 0.25) is 0 Å². The van der Waals surface area contributed by atoms with Crippen molar-refractivity contribution in [2.24, 2.45) is 5.73 Å². The van der Waals surface area contributed by atoms with E-state index in [1.165, 1.54) is 13.0 Å². The van der Waals surface area contributed by atoms with Crippen molar-refractivity contribution in [3.63, 3.8) is 0 Å². The molecule has 1 aromatic carbocycles. The van der Waals surface area contributed by atoms with Crippen molar-refractivity contribution in [1.29, 1.82) is 0 Å². The second-order valence-corrected chi connectivity index (χ2v) is 4.29. The van der Waals surface area contributed by atoms with E-state index in [1.807, 2.05) is 0 Å². The number of rotatable bonds is 1. The van der Waals surface area contributed by atoms with E-state index in [9.17, 15) is 13.2 Å². The summed E-state index contributed by atoms with van der Waals surface area (Å²) in [6, 6.07) is 4.31. The number of hydrogen-bond acceptors (Lipinski definition) is 2. The van der Waals surface area contributed by atoms with Gasteiger partial charge in [0.2, 0.25) is 0 Å². The van der Waals surface area contributed by atoms with Crippen molar-refractivity contribution in [2.75, 3.05) is 13.1 Å². The Morgan fingerprint density at radius 1 is 1.29 bits per heavy atom. The first kappa shape index (κ1) is 14.3. The zero-order chi connectivity index (χ0) is 12.0. The average Bonchev–Trinajstić information content (AvgIpc) is 2.13. The van der Waals surface area contributed by atoms with Gasteiger partial charge in [0.05, 0.1) is 11.1 Å². The Hall–Kier alpha value is -0.780. The van der Waals surface area contributed by atoms with E-state index in [0.717, 1.165) is 6.07 Å². The van der Waals surface area contributed by atoms with Crippen molar-refractivity contribution in [2.45, 2.75) is 18.6 Å². The maximum absolute atomic E-state index is 12.7. The zero-order valence-corrected chi connectivity index (χ0v) is 10.1. The summed E-state index contributed by atoms with van der Waals surface area (Å²) in [7, 11) is 0. The van der Waals surface area contributed by atoms with Gasteiger partial charge in [0, 0.05) is 13.1 Å². The summed E-state index contributed by atoms with van der Waals surface area (Å²) in [6.07, 6.45) is -4.31. The second-order valence-electron chi connectivity index (χ2n) is 4.29. The number of nitrogens with two attached hydrogens (primary N) is 1. The van der Waals surface area contributed by atoms with Crippen LogP contribution in [0.1, 0.15) is 16.7 Å². The van der Waals surface area contributed by atoms with Gasteiger partial charge in [-0.1, -0.05) is 12.1 Å². The van der Waals surface area contributed by atoms with E-state index in [0.29, 0.717) is 18.7 Å². The predicted molar refractivity (Wildman–Crippen MR) is 62.2 cm³/mol. The summed E-state index contributed by atoms with van der Waals surface area (Å²) < 4.78 is 38.0. The largest absolute Gasteiger partial charge is 0.416 e. The molecule has 0 amide bonds. The van der Waals surface area contributed by atoms with E-state index < -0.39 is 17.3 Å². The van der Waals surface area contributed by atoms with Crippen molar-refractivity contribution >= 4 is 12.4 Å². The SMILES string of the molecule is Cc1ccc(C2(N)CNC2)cc1C(F)(F)F.Cl. The van der Waals surface area contributed by atoms with Crippen LogP contribution in [0.15, 0.2) is 18.2 Å². The molecular weight excluding hydrogens is 253 g/mol. The average molecular weight is 267 g/mol. The van der Waals surface area contributed by atoms with E-state index in [4.69, 9.17) is 5.73 Å². The normalized spacial score (nSPS) is 18.2. The number of benzene rings is 1. The second kappa shape index (κ2) is 4.48. The lowest BCUT2D eigenvalue weighted by atomic mass is 9.84. The Morgan fingerprint density at radius 3 is 2.29 bits per heavy atom. The van der Waals surface area contributed by atoms with Crippen LogP contribution in [0.3, 0.4) is 0 Å². The highest BCUT2D eigenvalue weighted by Crippen LogP contribution is 2.34. The topological polar surface area (TPSA) is 38.0 Å². The van der Waals surface area contributed by atoms with Crippen LogP contribution >= 0.6 is 12.4 Å². The fourth-order valence-electron chi connectivity index (χ4n) is 1.84. The Morgan fingerprint density at radius 2 is 1.88 bits per heavy atom. The molecule has 0 aromatic heterocycles. The van der Waals surface area contributed by atoms with Crippen molar-refractivity contribution in [1.82, 2.24) is 5.32 Å². The first-order valence-corrected chi connectivity index (χ1v) is 5.01. The van der Waals surface area contributed by atoms with Gasteiger partial charge in [-0.15, -0.1) is 12.4 Å². The van der Waals surface area contributed by atoms with Gasteiger partial charge in [-0.25, -0.2) is 0 Å². The third-order valence-electron chi connectivity index (χ3n) is 3.00. The molecule has 1 saturated heterocycles. The summed E-state index contributed by atoms with van der Waals surface area (Å²) in [5.74, 6) is 0. The molecule has 1 aliphatic rings. The van der Waals surface area contributed by atoms with Gasteiger partial charge in [-0.3, -0.25) is 0 Å². The number of aryl methyl sites for hydroxylation is 1. The molecule has 0 unspecified atom stereocenters. The maximum Gasteiger partial charge on any atom is 0.416 e. The molecule has 0 bridgehead atoms. The summed E-state index contributed by atoms with van der Waals surface area (Å²) in [6.45, 7) is 2.50. The monoisotopic (exact) mass is 266 g/mol. The minimum absolute atomic E-state index is 0. The molecule has 17 heavy (non-hydrogen) atoms. The molecule has 1 aliphatic heterocycles. The van der Waals surface area contributed by atoms with Gasteiger partial charge < -0.3 is 11.1 Å². The Labute approximate surface area is 104 Å². The van der Waals surface area contributed by atoms with Crippen molar-refractivity contribution in [3.8, 4) is 0 Å². The third-order valence-corrected chi connectivity index (χ3v) is 3.00. The fraction of sp³-hybridized carbons (Fsp3) is 0.455. The fourth-order valence-corrected chi connectivity index (χ4v) is 1.84. The van der Waals surface area contributed by atoms with Crippen LogP contribution in [0.5, 0.6) is 0 Å². The minimum Gasteiger partial charge on any atom is -0.319 e. The van der Waals surface area contributed by atoms with Crippen LogP contribution in [0, 0.1) is 6.92 Å². The van der Waals surface area contributed by atoms with Gasteiger partial charge in [0.15, 0.2) is 0 Å². The van der Waals surface area contributed by atoms with E-state index in [1.54, 1.807) is 6.07 Å². The maximum atomic E-state index is 12.7. The smallest absolute Gasteiger partial charge is 0.319 e. The van der Waals surface area contributed by atoms with Crippen molar-refractivity contribution in [3.05, 3.63) is 34.9 Å². The number of nitrogens with one attached hydrogen (secondary N) is 1.